The Balaban J connectivity index is 2.51. The molecule has 0 amide bonds. The fourth-order valence-electron chi connectivity index (χ4n) is 3.25. The van der Waals surface area contributed by atoms with Gasteiger partial charge in [0.15, 0.2) is 0 Å². The fourth-order valence-corrected chi connectivity index (χ4v) is 3.56. The van der Waals surface area contributed by atoms with Gasteiger partial charge in [-0.3, -0.25) is 0 Å². The molecule has 0 aromatic carbocycles. The van der Waals surface area contributed by atoms with Crippen molar-refractivity contribution in [3.05, 3.63) is 32.5 Å². The Labute approximate surface area is 139 Å². The molecule has 0 atom stereocenters. The minimum absolute atomic E-state index is 0.434. The van der Waals surface area contributed by atoms with Crippen molar-refractivity contribution >= 4 is 22.6 Å². The standard InChI is InChI=1S/C19H31I/c1-15(8-6-9-16(2)14-20)11-12-18-17(3)10-7-13-19(18,4)5/h8,14H,6-7,9-13H2,1-5H3/b15-8+,16-14+. The van der Waals surface area contributed by atoms with Gasteiger partial charge in [0.05, 0.1) is 0 Å². The molecule has 0 bridgehead atoms. The molecular weight excluding hydrogens is 355 g/mol. The highest BCUT2D eigenvalue weighted by Gasteiger charge is 2.27. The molecule has 0 unspecified atom stereocenters. The van der Waals surface area contributed by atoms with E-state index in [2.05, 4.69) is 67.4 Å². The lowest BCUT2D eigenvalue weighted by atomic mass is 9.71. The maximum Gasteiger partial charge on any atom is -0.0142 e. The highest BCUT2D eigenvalue weighted by atomic mass is 127. The van der Waals surface area contributed by atoms with Gasteiger partial charge in [0.2, 0.25) is 0 Å². The van der Waals surface area contributed by atoms with Crippen molar-refractivity contribution in [2.45, 2.75) is 79.6 Å². The van der Waals surface area contributed by atoms with Gasteiger partial charge in [-0.05, 0) is 75.2 Å². The summed E-state index contributed by atoms with van der Waals surface area (Å²) in [5.74, 6) is 0. The normalized spacial score (nSPS) is 20.5. The maximum absolute atomic E-state index is 2.44. The first-order valence-corrected chi connectivity index (χ1v) is 9.22. The summed E-state index contributed by atoms with van der Waals surface area (Å²) in [7, 11) is 0. The summed E-state index contributed by atoms with van der Waals surface area (Å²) in [4.78, 5) is 0. The van der Waals surface area contributed by atoms with E-state index >= 15 is 0 Å². The summed E-state index contributed by atoms with van der Waals surface area (Å²) >= 11 is 2.33. The van der Waals surface area contributed by atoms with Crippen molar-refractivity contribution in [3.8, 4) is 0 Å². The largest absolute Gasteiger partial charge is 0.0853 e. The predicted octanol–water partition coefficient (Wildman–Crippen LogP) is 7.36. The third-order valence-electron chi connectivity index (χ3n) is 4.67. The summed E-state index contributed by atoms with van der Waals surface area (Å²) in [6.07, 6.45) is 11.4. The average molecular weight is 386 g/mol. The molecule has 0 heterocycles. The second kappa shape index (κ2) is 8.41. The van der Waals surface area contributed by atoms with E-state index in [0.29, 0.717) is 5.41 Å². The van der Waals surface area contributed by atoms with Gasteiger partial charge in [-0.25, -0.2) is 0 Å². The van der Waals surface area contributed by atoms with Gasteiger partial charge in [-0.2, -0.15) is 0 Å². The van der Waals surface area contributed by atoms with Gasteiger partial charge in [0, 0.05) is 0 Å². The predicted molar refractivity (Wildman–Crippen MR) is 100 cm³/mol. The average Bonchev–Trinajstić information content (AvgIpc) is 2.37. The monoisotopic (exact) mass is 386 g/mol. The topological polar surface area (TPSA) is 0 Å². The Morgan fingerprint density at radius 3 is 2.50 bits per heavy atom. The van der Waals surface area contributed by atoms with Gasteiger partial charge in [0.1, 0.15) is 0 Å². The Kier molecular flexibility index (Phi) is 7.57. The van der Waals surface area contributed by atoms with Crippen LogP contribution in [-0.2, 0) is 0 Å². The minimum Gasteiger partial charge on any atom is -0.0853 e. The smallest absolute Gasteiger partial charge is 0.0142 e. The van der Waals surface area contributed by atoms with Crippen molar-refractivity contribution in [1.82, 2.24) is 0 Å². The number of hydrogen-bond donors (Lipinski definition) is 0. The van der Waals surface area contributed by atoms with Gasteiger partial charge >= 0.3 is 0 Å². The molecule has 0 saturated heterocycles. The molecule has 0 spiro atoms. The molecule has 0 saturated carbocycles. The molecule has 20 heavy (non-hydrogen) atoms. The van der Waals surface area contributed by atoms with Crippen molar-refractivity contribution in [2.24, 2.45) is 5.41 Å². The molecule has 1 heteroatoms. The Morgan fingerprint density at radius 1 is 1.20 bits per heavy atom. The third kappa shape index (κ3) is 5.75. The van der Waals surface area contributed by atoms with E-state index in [-0.39, 0.29) is 0 Å². The Morgan fingerprint density at radius 2 is 1.90 bits per heavy atom. The van der Waals surface area contributed by atoms with Crippen LogP contribution in [0.5, 0.6) is 0 Å². The SMILES string of the molecule is CC1=C(CC/C(C)=C/CC/C(C)=C/I)C(C)(C)CCC1. The first kappa shape index (κ1) is 18.0. The minimum atomic E-state index is 0.434. The lowest BCUT2D eigenvalue weighted by Crippen LogP contribution is -2.20. The maximum atomic E-state index is 2.44. The summed E-state index contributed by atoms with van der Waals surface area (Å²) in [5.41, 5.74) is 6.88. The van der Waals surface area contributed by atoms with E-state index in [9.17, 15) is 0 Å². The van der Waals surface area contributed by atoms with Crippen LogP contribution in [0.1, 0.15) is 79.6 Å². The quantitative estimate of drug-likeness (QED) is 0.330. The van der Waals surface area contributed by atoms with Crippen LogP contribution in [0.4, 0.5) is 0 Å². The van der Waals surface area contributed by atoms with E-state index < -0.39 is 0 Å². The van der Waals surface area contributed by atoms with Gasteiger partial charge in [-0.1, -0.05) is 64.8 Å². The zero-order valence-electron chi connectivity index (χ0n) is 14.0. The van der Waals surface area contributed by atoms with Crippen molar-refractivity contribution in [3.63, 3.8) is 0 Å². The van der Waals surface area contributed by atoms with E-state index in [1.54, 1.807) is 16.7 Å². The molecule has 0 aromatic heterocycles. The summed E-state index contributed by atoms with van der Waals surface area (Å²) in [6, 6.07) is 0. The molecular formula is C19H31I. The van der Waals surface area contributed by atoms with Gasteiger partial charge in [-0.15, -0.1) is 0 Å². The summed E-state index contributed by atoms with van der Waals surface area (Å²) in [6.45, 7) is 11.7. The van der Waals surface area contributed by atoms with E-state index in [1.807, 2.05) is 0 Å². The van der Waals surface area contributed by atoms with Crippen LogP contribution in [0, 0.1) is 5.41 Å². The number of halogens is 1. The molecule has 1 aliphatic rings. The van der Waals surface area contributed by atoms with E-state index in [4.69, 9.17) is 0 Å². The zero-order chi connectivity index (χ0) is 15.2. The molecule has 0 fully saturated rings. The van der Waals surface area contributed by atoms with Crippen molar-refractivity contribution in [1.29, 1.82) is 0 Å². The highest BCUT2D eigenvalue weighted by molar-refractivity contribution is 14.1. The van der Waals surface area contributed by atoms with Crippen LogP contribution in [0.15, 0.2) is 32.5 Å². The van der Waals surface area contributed by atoms with Crippen molar-refractivity contribution in [2.75, 3.05) is 0 Å². The first-order valence-electron chi connectivity index (χ1n) is 7.97. The van der Waals surface area contributed by atoms with Crippen LogP contribution in [-0.4, -0.2) is 0 Å². The lowest BCUT2D eigenvalue weighted by molar-refractivity contribution is 0.354. The lowest BCUT2D eigenvalue weighted by Gasteiger charge is -2.35. The van der Waals surface area contributed by atoms with Crippen LogP contribution in [0.2, 0.25) is 0 Å². The molecule has 0 nitrogen and oxygen atoms in total. The third-order valence-corrected chi connectivity index (χ3v) is 5.74. The molecule has 0 radical (unpaired) electrons. The highest BCUT2D eigenvalue weighted by Crippen LogP contribution is 2.42. The Hall–Kier alpha value is -0.0500. The second-order valence-corrected chi connectivity index (χ2v) is 7.66. The molecule has 0 N–H and O–H groups in total. The van der Waals surface area contributed by atoms with Gasteiger partial charge < -0.3 is 0 Å². The van der Waals surface area contributed by atoms with Crippen LogP contribution in [0.25, 0.3) is 0 Å². The molecule has 1 aliphatic carbocycles. The van der Waals surface area contributed by atoms with Crippen LogP contribution >= 0.6 is 22.6 Å². The molecule has 1 rings (SSSR count). The van der Waals surface area contributed by atoms with E-state index in [1.165, 1.54) is 50.5 Å². The number of hydrogen-bond acceptors (Lipinski definition) is 0. The molecule has 0 aromatic rings. The Bertz CT molecular complexity index is 407. The number of rotatable bonds is 6. The van der Waals surface area contributed by atoms with Crippen molar-refractivity contribution < 1.29 is 0 Å². The van der Waals surface area contributed by atoms with Crippen LogP contribution in [0.3, 0.4) is 0 Å². The summed E-state index contributed by atoms with van der Waals surface area (Å²) < 4.78 is 2.19. The first-order chi connectivity index (χ1) is 9.36. The van der Waals surface area contributed by atoms with Crippen LogP contribution < -0.4 is 0 Å². The summed E-state index contributed by atoms with van der Waals surface area (Å²) in [5, 5.41) is 0. The van der Waals surface area contributed by atoms with E-state index in [0.717, 1.165) is 0 Å². The van der Waals surface area contributed by atoms with Gasteiger partial charge in [0.25, 0.3) is 0 Å². The molecule has 114 valence electrons. The second-order valence-electron chi connectivity index (χ2n) is 7.04. The molecule has 0 aliphatic heterocycles. The zero-order valence-corrected chi connectivity index (χ0v) is 16.1. The number of allylic oxidation sites excluding steroid dienone is 5. The fraction of sp³-hybridized carbons (Fsp3) is 0.684.